The Morgan fingerprint density at radius 3 is 2.18 bits per heavy atom. The molecule has 7 atom stereocenters. The average Bonchev–Trinajstić information content (AvgIpc) is 2.85. The second-order valence-corrected chi connectivity index (χ2v) is 15.5. The van der Waals surface area contributed by atoms with Gasteiger partial charge in [0.1, 0.15) is 6.07 Å². The topological polar surface area (TPSA) is 84.2 Å². The van der Waals surface area contributed by atoms with E-state index in [-0.39, 0.29) is 51.2 Å². The first-order chi connectivity index (χ1) is 17.4. The zero-order chi connectivity index (χ0) is 28.3. The molecule has 3 fully saturated rings. The molecule has 0 spiro atoms. The zero-order valence-electron chi connectivity index (χ0n) is 24.8. The fourth-order valence-corrected chi connectivity index (χ4v) is 10.3. The molecule has 5 nitrogen and oxygen atoms in total. The zero-order valence-corrected chi connectivity index (χ0v) is 24.8. The lowest BCUT2D eigenvalue weighted by Gasteiger charge is -2.71. The number of nitrogens with zero attached hydrogens (tertiary/aromatic N) is 1. The van der Waals surface area contributed by atoms with E-state index >= 15 is 0 Å². The summed E-state index contributed by atoms with van der Waals surface area (Å²) in [5.74, 6) is -0.447. The number of hydrogen-bond donors (Lipinski definition) is 0. The van der Waals surface area contributed by atoms with Crippen molar-refractivity contribution in [3.63, 3.8) is 0 Å². The van der Waals surface area contributed by atoms with Crippen molar-refractivity contribution < 1.29 is 19.1 Å². The number of allylic oxidation sites excluding steroid dienone is 4. The highest BCUT2D eigenvalue weighted by atomic mass is 16.5. The second-order valence-electron chi connectivity index (χ2n) is 15.5. The summed E-state index contributed by atoms with van der Waals surface area (Å²) in [5.41, 5.74) is -1.65. The Morgan fingerprint density at radius 1 is 0.947 bits per heavy atom. The first kappa shape index (κ1) is 27.4. The predicted octanol–water partition coefficient (Wildman–Crippen LogP) is 6.77. The van der Waals surface area contributed by atoms with Crippen LogP contribution in [0.25, 0.3) is 0 Å². The Bertz CT molecular complexity index is 1250. The van der Waals surface area contributed by atoms with E-state index in [1.807, 2.05) is 26.0 Å². The lowest BCUT2D eigenvalue weighted by Crippen LogP contribution is -2.67. The summed E-state index contributed by atoms with van der Waals surface area (Å²) < 4.78 is 5.42. The van der Waals surface area contributed by atoms with Gasteiger partial charge in [0, 0.05) is 16.7 Å². The fourth-order valence-electron chi connectivity index (χ4n) is 10.3. The van der Waals surface area contributed by atoms with Crippen LogP contribution >= 0.6 is 0 Å². The monoisotopic (exact) mass is 519 g/mol. The van der Waals surface area contributed by atoms with Crippen LogP contribution in [0.2, 0.25) is 0 Å². The molecule has 0 heterocycles. The van der Waals surface area contributed by atoms with Gasteiger partial charge >= 0.3 is 5.97 Å². The molecular formula is C33H45NO4. The van der Waals surface area contributed by atoms with Gasteiger partial charge in [0.2, 0.25) is 0 Å². The molecule has 206 valence electrons. The van der Waals surface area contributed by atoms with Crippen LogP contribution in [0.4, 0.5) is 0 Å². The van der Waals surface area contributed by atoms with Gasteiger partial charge in [0.05, 0.1) is 18.1 Å². The molecule has 0 aromatic rings. The number of ether oxygens (including phenoxy) is 1. The molecule has 0 bridgehead atoms. The molecule has 5 aliphatic carbocycles. The van der Waals surface area contributed by atoms with E-state index in [2.05, 4.69) is 47.6 Å². The van der Waals surface area contributed by atoms with Crippen molar-refractivity contribution >= 4 is 17.5 Å². The van der Waals surface area contributed by atoms with E-state index in [0.29, 0.717) is 0 Å². The van der Waals surface area contributed by atoms with E-state index in [1.165, 1.54) is 7.11 Å². The number of hydrogen-bond acceptors (Lipinski definition) is 5. The first-order valence-corrected chi connectivity index (χ1v) is 14.4. The molecule has 3 saturated carbocycles. The largest absolute Gasteiger partial charge is 0.469 e. The van der Waals surface area contributed by atoms with E-state index in [1.54, 1.807) is 0 Å². The lowest BCUT2D eigenvalue weighted by atomic mass is 9.31. The number of carbonyl (C=O) groups excluding carboxylic acids is 3. The molecule has 0 aliphatic heterocycles. The maximum atomic E-state index is 14.5. The Balaban J connectivity index is 1.73. The van der Waals surface area contributed by atoms with Crippen LogP contribution in [0, 0.1) is 61.1 Å². The number of methoxy groups -OCH3 is 1. The Hall–Kier alpha value is -2.22. The van der Waals surface area contributed by atoms with Crippen molar-refractivity contribution in [3.05, 3.63) is 23.3 Å². The molecule has 0 saturated heterocycles. The van der Waals surface area contributed by atoms with Crippen molar-refractivity contribution in [2.75, 3.05) is 7.11 Å². The van der Waals surface area contributed by atoms with Crippen LogP contribution in [-0.2, 0) is 19.1 Å². The Morgan fingerprint density at radius 2 is 1.58 bits per heavy atom. The van der Waals surface area contributed by atoms with E-state index in [0.717, 1.165) is 50.5 Å². The Kier molecular flexibility index (Phi) is 5.54. The van der Waals surface area contributed by atoms with Crippen LogP contribution in [0.1, 0.15) is 100 Å². The maximum absolute atomic E-state index is 14.5. The molecule has 0 unspecified atom stereocenters. The highest BCUT2D eigenvalue weighted by Crippen LogP contribution is 2.77. The summed E-state index contributed by atoms with van der Waals surface area (Å²) in [5, 5.41) is 9.95. The summed E-state index contributed by atoms with van der Waals surface area (Å²) in [6.07, 6.45) is 9.58. The molecule has 0 N–H and O–H groups in total. The molecule has 38 heavy (non-hydrogen) atoms. The second kappa shape index (κ2) is 7.70. The average molecular weight is 520 g/mol. The molecule has 0 aromatic heterocycles. The van der Waals surface area contributed by atoms with Gasteiger partial charge < -0.3 is 4.74 Å². The molecule has 5 rings (SSSR count). The third-order valence-corrected chi connectivity index (χ3v) is 13.5. The first-order valence-electron chi connectivity index (χ1n) is 14.4. The number of nitriles is 1. The van der Waals surface area contributed by atoms with Crippen LogP contribution in [0.3, 0.4) is 0 Å². The predicted molar refractivity (Wildman–Crippen MR) is 146 cm³/mol. The van der Waals surface area contributed by atoms with Gasteiger partial charge in [0.15, 0.2) is 11.6 Å². The number of ketones is 2. The van der Waals surface area contributed by atoms with E-state index < -0.39 is 21.7 Å². The SMILES string of the molecule is COC(=O)[C@]12CCC(C)(C)C[C@H]1[C@H]1C(=O)C=C3[C@@]4(C)C=C(C#N)C(=O)C(C)(C)[C@]4(C)CC[C@@]3(C)[C@]1(C)CC2. The van der Waals surface area contributed by atoms with Gasteiger partial charge in [-0.25, -0.2) is 0 Å². The molecule has 5 heteroatoms. The highest BCUT2D eigenvalue weighted by molar-refractivity contribution is 6.05. The smallest absolute Gasteiger partial charge is 0.312 e. The molecule has 0 amide bonds. The van der Waals surface area contributed by atoms with Crippen LogP contribution in [0.15, 0.2) is 23.3 Å². The normalized spacial score (nSPS) is 46.7. The number of carbonyl (C=O) groups is 3. The summed E-state index contributed by atoms with van der Waals surface area (Å²) in [6.45, 7) is 17.4. The summed E-state index contributed by atoms with van der Waals surface area (Å²) in [4.78, 5) is 41.3. The quantitative estimate of drug-likeness (QED) is 0.357. The van der Waals surface area contributed by atoms with Crippen LogP contribution in [0.5, 0.6) is 0 Å². The van der Waals surface area contributed by atoms with E-state index in [9.17, 15) is 19.6 Å². The molecule has 5 aliphatic rings. The minimum absolute atomic E-state index is 0.0565. The Labute approximate surface area is 228 Å². The molecule has 0 aromatic carbocycles. The fraction of sp³-hybridized carbons (Fsp3) is 0.758. The summed E-state index contributed by atoms with van der Waals surface area (Å²) in [6, 6.07) is 2.19. The minimum atomic E-state index is -0.732. The number of fused-ring (bicyclic) bond motifs is 7. The van der Waals surface area contributed by atoms with Crippen LogP contribution < -0.4 is 0 Å². The minimum Gasteiger partial charge on any atom is -0.469 e. The van der Waals surface area contributed by atoms with Crippen molar-refractivity contribution in [2.45, 2.75) is 100 Å². The van der Waals surface area contributed by atoms with E-state index in [4.69, 9.17) is 4.74 Å². The third-order valence-electron chi connectivity index (χ3n) is 13.5. The summed E-state index contributed by atoms with van der Waals surface area (Å²) in [7, 11) is 1.48. The van der Waals surface area contributed by atoms with Gasteiger partial charge in [-0.15, -0.1) is 0 Å². The van der Waals surface area contributed by atoms with Crippen molar-refractivity contribution in [1.29, 1.82) is 5.26 Å². The summed E-state index contributed by atoms with van der Waals surface area (Å²) >= 11 is 0. The van der Waals surface area contributed by atoms with Gasteiger partial charge in [0.25, 0.3) is 0 Å². The maximum Gasteiger partial charge on any atom is 0.312 e. The standard InChI is InChI=1S/C33H45NO4/c1-27(2)10-14-33(26(37)38-9)15-12-30(6)24(21(33)18-27)22(35)16-23-29(30,5)11-13-32(8)28(3,4)25(36)20(19-34)17-31(23,32)7/h16-17,21,24H,10-15,18H2,1-9H3/t21-,24-,29+,30+,31+,32-,33-/m0/s1. The van der Waals surface area contributed by atoms with Crippen LogP contribution in [-0.4, -0.2) is 24.6 Å². The molecular weight excluding hydrogens is 474 g/mol. The lowest BCUT2D eigenvalue weighted by molar-refractivity contribution is -0.194. The van der Waals surface area contributed by atoms with Gasteiger partial charge in [-0.05, 0) is 84.2 Å². The number of rotatable bonds is 1. The number of Topliss-reactive ketones (excluding diaryl/α,β-unsaturated/α-hetero) is 1. The van der Waals surface area contributed by atoms with Crippen molar-refractivity contribution in [2.24, 2.45) is 49.7 Å². The highest BCUT2D eigenvalue weighted by Gasteiger charge is 2.73. The number of esters is 1. The van der Waals surface area contributed by atoms with Gasteiger partial charge in [-0.2, -0.15) is 5.26 Å². The van der Waals surface area contributed by atoms with Gasteiger partial charge in [-0.1, -0.05) is 61.5 Å². The van der Waals surface area contributed by atoms with Crippen molar-refractivity contribution in [1.82, 2.24) is 0 Å². The van der Waals surface area contributed by atoms with Gasteiger partial charge in [-0.3, -0.25) is 14.4 Å². The van der Waals surface area contributed by atoms with Crippen molar-refractivity contribution in [3.8, 4) is 6.07 Å². The third kappa shape index (κ3) is 2.91. The molecule has 0 radical (unpaired) electrons.